The molecule has 0 radical (unpaired) electrons. The van der Waals surface area contributed by atoms with E-state index in [1.54, 1.807) is 25.1 Å². The highest BCUT2D eigenvalue weighted by atomic mass is 16.6. The number of rotatable bonds is 4. The van der Waals surface area contributed by atoms with E-state index >= 15 is 0 Å². The third-order valence-electron chi connectivity index (χ3n) is 7.29. The minimum atomic E-state index is -1.75. The number of benzene rings is 3. The summed E-state index contributed by atoms with van der Waals surface area (Å²) in [5, 5.41) is 14.0. The predicted molar refractivity (Wildman–Crippen MR) is 138 cm³/mol. The smallest absolute Gasteiger partial charge is 0.335 e. The number of carbonyl (C=O) groups is 3. The first-order valence-corrected chi connectivity index (χ1v) is 12.0. The summed E-state index contributed by atoms with van der Waals surface area (Å²) in [6.07, 6.45) is -0.0978. The number of urea groups is 1. The van der Waals surface area contributed by atoms with Gasteiger partial charge in [-0.1, -0.05) is 48.0 Å². The van der Waals surface area contributed by atoms with Gasteiger partial charge in [0.2, 0.25) is 5.91 Å². The SMILES string of the molecule is CCN1c2ccc([N+](=O)[O-])cc2CC2(C(=O)NC(=O)N(c3ccc(C)cc3C)C2=O)C1c1ccccc1. The van der Waals surface area contributed by atoms with Gasteiger partial charge in [0, 0.05) is 30.8 Å². The largest absolute Gasteiger partial charge is 0.363 e. The van der Waals surface area contributed by atoms with Crippen molar-refractivity contribution in [2.24, 2.45) is 5.41 Å². The van der Waals surface area contributed by atoms with Gasteiger partial charge in [0.05, 0.1) is 16.7 Å². The van der Waals surface area contributed by atoms with Crippen LogP contribution in [-0.2, 0) is 16.0 Å². The molecule has 1 saturated heterocycles. The van der Waals surface area contributed by atoms with E-state index in [2.05, 4.69) is 5.32 Å². The molecule has 2 atom stereocenters. The number of hydrogen-bond acceptors (Lipinski definition) is 6. The second-order valence-corrected chi connectivity index (χ2v) is 9.51. The number of non-ortho nitro benzene ring substituents is 1. The van der Waals surface area contributed by atoms with Crippen LogP contribution in [0.1, 0.15) is 35.2 Å². The van der Waals surface area contributed by atoms with Crippen LogP contribution in [-0.4, -0.2) is 29.3 Å². The molecule has 0 bridgehead atoms. The zero-order valence-corrected chi connectivity index (χ0v) is 20.7. The summed E-state index contributed by atoms with van der Waals surface area (Å²) in [4.78, 5) is 55.5. The normalized spacial score (nSPS) is 21.2. The maximum atomic E-state index is 14.5. The van der Waals surface area contributed by atoms with Crippen LogP contribution >= 0.6 is 0 Å². The number of nitro groups is 1. The molecule has 4 amide bonds. The first-order valence-electron chi connectivity index (χ1n) is 12.0. The number of hydrogen-bond donors (Lipinski definition) is 1. The molecule has 0 aliphatic carbocycles. The molecule has 37 heavy (non-hydrogen) atoms. The van der Waals surface area contributed by atoms with Gasteiger partial charge < -0.3 is 4.90 Å². The van der Waals surface area contributed by atoms with Crippen molar-refractivity contribution in [2.75, 3.05) is 16.3 Å². The first kappa shape index (κ1) is 24.2. The molecule has 0 saturated carbocycles. The van der Waals surface area contributed by atoms with E-state index in [-0.39, 0.29) is 12.1 Å². The minimum absolute atomic E-state index is 0.0978. The summed E-state index contributed by atoms with van der Waals surface area (Å²) in [5.41, 5.74) is 2.13. The van der Waals surface area contributed by atoms with Crippen molar-refractivity contribution in [3.8, 4) is 0 Å². The van der Waals surface area contributed by atoms with Gasteiger partial charge >= 0.3 is 6.03 Å². The average Bonchev–Trinajstić information content (AvgIpc) is 2.87. The van der Waals surface area contributed by atoms with Crippen LogP contribution in [0, 0.1) is 29.4 Å². The quantitative estimate of drug-likeness (QED) is 0.319. The molecule has 2 aliphatic rings. The van der Waals surface area contributed by atoms with Crippen LogP contribution in [0.4, 0.5) is 21.9 Å². The summed E-state index contributed by atoms with van der Waals surface area (Å²) in [5.74, 6) is -1.37. The molecule has 1 N–H and O–H groups in total. The number of amides is 4. The first-order chi connectivity index (χ1) is 17.7. The number of barbiturate groups is 1. The Hall–Kier alpha value is -4.53. The number of aryl methyl sites for hydroxylation is 2. The molecule has 2 unspecified atom stereocenters. The highest BCUT2D eigenvalue weighted by Gasteiger charge is 2.62. The summed E-state index contributed by atoms with van der Waals surface area (Å²) >= 11 is 0. The van der Waals surface area contributed by atoms with Crippen molar-refractivity contribution >= 4 is 34.9 Å². The lowest BCUT2D eigenvalue weighted by Gasteiger charge is -2.52. The van der Waals surface area contributed by atoms with Gasteiger partial charge in [0.25, 0.3) is 11.6 Å². The van der Waals surface area contributed by atoms with E-state index in [0.717, 1.165) is 16.0 Å². The Bertz CT molecular complexity index is 1450. The lowest BCUT2D eigenvalue weighted by Crippen LogP contribution is -2.69. The lowest BCUT2D eigenvalue weighted by atomic mass is 9.66. The van der Waals surface area contributed by atoms with Gasteiger partial charge in [-0.25, -0.2) is 9.69 Å². The maximum Gasteiger partial charge on any atom is 0.335 e. The van der Waals surface area contributed by atoms with E-state index in [0.29, 0.717) is 29.0 Å². The van der Waals surface area contributed by atoms with Crippen LogP contribution < -0.4 is 15.1 Å². The van der Waals surface area contributed by atoms with Crippen molar-refractivity contribution in [1.29, 1.82) is 0 Å². The monoisotopic (exact) mass is 498 g/mol. The van der Waals surface area contributed by atoms with Gasteiger partial charge in [0.1, 0.15) is 0 Å². The Balaban J connectivity index is 1.77. The molecule has 0 aromatic heterocycles. The van der Waals surface area contributed by atoms with Crippen molar-refractivity contribution in [1.82, 2.24) is 5.32 Å². The molecule has 188 valence electrons. The van der Waals surface area contributed by atoms with E-state index in [4.69, 9.17) is 0 Å². The number of imide groups is 2. The molecule has 9 heteroatoms. The molecule has 5 rings (SSSR count). The Morgan fingerprint density at radius 2 is 1.70 bits per heavy atom. The van der Waals surface area contributed by atoms with Crippen molar-refractivity contribution in [3.63, 3.8) is 0 Å². The van der Waals surface area contributed by atoms with Crippen LogP contribution in [0.25, 0.3) is 0 Å². The van der Waals surface area contributed by atoms with E-state index < -0.39 is 34.2 Å². The molecule has 3 aromatic carbocycles. The fourth-order valence-corrected chi connectivity index (χ4v) is 5.69. The molecule has 1 fully saturated rings. The Kier molecular flexibility index (Phi) is 5.78. The highest BCUT2D eigenvalue weighted by molar-refractivity contribution is 6.31. The van der Waals surface area contributed by atoms with E-state index in [1.165, 1.54) is 12.1 Å². The molecule has 1 spiro atoms. The Labute approximate surface area is 213 Å². The fourth-order valence-electron chi connectivity index (χ4n) is 5.69. The van der Waals surface area contributed by atoms with Gasteiger partial charge in [-0.3, -0.25) is 25.0 Å². The summed E-state index contributed by atoms with van der Waals surface area (Å²) in [6, 6.07) is 17.5. The number of nitro benzene ring substituents is 1. The lowest BCUT2D eigenvalue weighted by molar-refractivity contribution is -0.384. The van der Waals surface area contributed by atoms with Crippen molar-refractivity contribution < 1.29 is 19.3 Å². The van der Waals surface area contributed by atoms with Crippen molar-refractivity contribution in [2.45, 2.75) is 33.2 Å². The van der Waals surface area contributed by atoms with Gasteiger partial charge in [-0.2, -0.15) is 0 Å². The maximum absolute atomic E-state index is 14.5. The van der Waals surface area contributed by atoms with Crippen LogP contribution in [0.3, 0.4) is 0 Å². The van der Waals surface area contributed by atoms with E-state index in [1.807, 2.05) is 55.1 Å². The fraction of sp³-hybridized carbons (Fsp3) is 0.250. The number of nitrogens with zero attached hydrogens (tertiary/aromatic N) is 3. The summed E-state index contributed by atoms with van der Waals surface area (Å²) < 4.78 is 0. The zero-order valence-electron chi connectivity index (χ0n) is 20.7. The summed E-state index contributed by atoms with van der Waals surface area (Å²) in [7, 11) is 0. The Morgan fingerprint density at radius 3 is 2.35 bits per heavy atom. The molecule has 9 nitrogen and oxygen atoms in total. The molecule has 2 heterocycles. The second-order valence-electron chi connectivity index (χ2n) is 9.51. The van der Waals surface area contributed by atoms with E-state index in [9.17, 15) is 24.5 Å². The van der Waals surface area contributed by atoms with Gasteiger partial charge in [-0.15, -0.1) is 0 Å². The minimum Gasteiger partial charge on any atom is -0.363 e. The number of nitrogens with one attached hydrogen (secondary N) is 1. The Morgan fingerprint density at radius 1 is 1.00 bits per heavy atom. The van der Waals surface area contributed by atoms with Crippen molar-refractivity contribution in [3.05, 3.63) is 99.1 Å². The topological polar surface area (TPSA) is 113 Å². The molecular weight excluding hydrogens is 472 g/mol. The van der Waals surface area contributed by atoms with Crippen LogP contribution in [0.15, 0.2) is 66.7 Å². The third-order valence-corrected chi connectivity index (χ3v) is 7.29. The number of anilines is 2. The number of carbonyl (C=O) groups excluding carboxylic acids is 3. The van der Waals surface area contributed by atoms with Gasteiger partial charge in [-0.05, 0) is 49.6 Å². The van der Waals surface area contributed by atoms with Crippen LogP contribution in [0.2, 0.25) is 0 Å². The zero-order chi connectivity index (χ0) is 26.5. The molecular formula is C28H26N4O5. The number of fused-ring (bicyclic) bond motifs is 1. The van der Waals surface area contributed by atoms with Crippen LogP contribution in [0.5, 0.6) is 0 Å². The second kappa shape index (κ2) is 8.85. The molecule has 2 aliphatic heterocycles. The predicted octanol–water partition coefficient (Wildman–Crippen LogP) is 4.60. The standard InChI is InChI=1S/C28H26N4O5/c1-4-30-23-13-11-21(32(36)37)15-20(23)16-28(24(30)19-8-6-5-7-9-19)25(33)29-27(35)31(26(28)34)22-12-10-17(2)14-18(22)3/h5-15,24H,4,16H2,1-3H3,(H,29,33,35). The highest BCUT2D eigenvalue weighted by Crippen LogP contribution is 2.52. The molecule has 3 aromatic rings. The average molecular weight is 499 g/mol. The summed E-state index contributed by atoms with van der Waals surface area (Å²) in [6.45, 7) is 6.04. The van der Waals surface area contributed by atoms with Gasteiger partial charge in [0.15, 0.2) is 5.41 Å². The third kappa shape index (κ3) is 3.66.